The van der Waals surface area contributed by atoms with Crippen molar-refractivity contribution in [1.29, 1.82) is 0 Å². The van der Waals surface area contributed by atoms with E-state index in [1.165, 1.54) is 23.5 Å². The minimum Gasteiger partial charge on any atom is -0.299 e. The molecule has 152 valence electrons. The Balaban J connectivity index is 1.64. The summed E-state index contributed by atoms with van der Waals surface area (Å²) in [4.78, 5) is 33.4. The molecule has 0 amide bonds. The predicted molar refractivity (Wildman–Crippen MR) is 106 cm³/mol. The van der Waals surface area contributed by atoms with Crippen molar-refractivity contribution in [2.75, 3.05) is 0 Å². The molecule has 0 spiro atoms. The zero-order valence-corrected chi connectivity index (χ0v) is 17.3. The van der Waals surface area contributed by atoms with Gasteiger partial charge in [-0.05, 0) is 25.0 Å². The standard InChI is InChI=1S/C20H17F3N2O2S2/c1-11-19(29-12(2)24-11)16-10-28-18(25-16)9-15(26)7-13-4-3-5-14(6-13)8-17(27)20(21,22)23/h3-6,10H,7-9H2,1-2H3. The molecule has 0 aliphatic heterocycles. The number of halogens is 3. The van der Waals surface area contributed by atoms with Crippen molar-refractivity contribution in [3.63, 3.8) is 0 Å². The number of alkyl halides is 3. The molecule has 0 aliphatic rings. The topological polar surface area (TPSA) is 59.9 Å². The molecule has 1 aromatic carbocycles. The molecule has 4 nitrogen and oxygen atoms in total. The summed E-state index contributed by atoms with van der Waals surface area (Å²) in [7, 11) is 0. The monoisotopic (exact) mass is 438 g/mol. The van der Waals surface area contributed by atoms with Gasteiger partial charge in [-0.25, -0.2) is 9.97 Å². The van der Waals surface area contributed by atoms with Crippen LogP contribution in [-0.4, -0.2) is 27.7 Å². The van der Waals surface area contributed by atoms with Crippen LogP contribution in [0.15, 0.2) is 29.6 Å². The summed E-state index contributed by atoms with van der Waals surface area (Å²) in [6.45, 7) is 3.84. The highest BCUT2D eigenvalue weighted by Crippen LogP contribution is 2.30. The highest BCUT2D eigenvalue weighted by molar-refractivity contribution is 7.16. The number of rotatable bonds is 7. The second-order valence-electron chi connectivity index (χ2n) is 6.58. The van der Waals surface area contributed by atoms with Gasteiger partial charge in [0.2, 0.25) is 5.78 Å². The Kier molecular flexibility index (Phi) is 6.28. The summed E-state index contributed by atoms with van der Waals surface area (Å²) in [6, 6.07) is 6.14. The number of hydrogen-bond donors (Lipinski definition) is 0. The molecule has 0 atom stereocenters. The second-order valence-corrected chi connectivity index (χ2v) is 8.73. The summed E-state index contributed by atoms with van der Waals surface area (Å²) in [5.41, 5.74) is 2.52. The van der Waals surface area contributed by atoms with Crippen LogP contribution >= 0.6 is 22.7 Å². The van der Waals surface area contributed by atoms with E-state index >= 15 is 0 Å². The Hall–Kier alpha value is -2.39. The molecule has 9 heteroatoms. The van der Waals surface area contributed by atoms with E-state index in [-0.39, 0.29) is 24.2 Å². The Morgan fingerprint density at radius 3 is 2.34 bits per heavy atom. The summed E-state index contributed by atoms with van der Waals surface area (Å²) in [5.74, 6) is -1.90. The van der Waals surface area contributed by atoms with Gasteiger partial charge in [-0.2, -0.15) is 13.2 Å². The third-order valence-electron chi connectivity index (χ3n) is 4.11. The SMILES string of the molecule is Cc1nc(C)c(-c2csc(CC(=O)Cc3cccc(CC(=O)C(F)(F)F)c3)n2)s1. The fourth-order valence-corrected chi connectivity index (χ4v) is 4.63. The quantitative estimate of drug-likeness (QED) is 0.526. The van der Waals surface area contributed by atoms with Crippen LogP contribution in [0, 0.1) is 13.8 Å². The molecule has 0 N–H and O–H groups in total. The molecule has 29 heavy (non-hydrogen) atoms. The number of hydrogen-bond acceptors (Lipinski definition) is 6. The molecule has 3 rings (SSSR count). The minimum atomic E-state index is -4.86. The highest BCUT2D eigenvalue weighted by Gasteiger charge is 2.37. The predicted octanol–water partition coefficient (Wildman–Crippen LogP) is 4.91. The van der Waals surface area contributed by atoms with E-state index in [1.807, 2.05) is 19.2 Å². The lowest BCUT2D eigenvalue weighted by Crippen LogP contribution is -2.24. The van der Waals surface area contributed by atoms with Crippen LogP contribution in [0.5, 0.6) is 0 Å². The Labute approximate surface area is 173 Å². The van der Waals surface area contributed by atoms with Crippen molar-refractivity contribution in [2.24, 2.45) is 0 Å². The van der Waals surface area contributed by atoms with Crippen molar-refractivity contribution in [3.8, 4) is 10.6 Å². The van der Waals surface area contributed by atoms with E-state index < -0.39 is 18.4 Å². The van der Waals surface area contributed by atoms with Gasteiger partial charge in [0, 0.05) is 18.2 Å². The summed E-state index contributed by atoms with van der Waals surface area (Å²) >= 11 is 2.94. The number of carbonyl (C=O) groups excluding carboxylic acids is 2. The van der Waals surface area contributed by atoms with E-state index in [9.17, 15) is 22.8 Å². The second kappa shape index (κ2) is 8.54. The number of nitrogens with zero attached hydrogens (tertiary/aromatic N) is 2. The number of ketones is 2. The molecule has 0 bridgehead atoms. The first-order valence-corrected chi connectivity index (χ1v) is 10.4. The third-order valence-corrected chi connectivity index (χ3v) is 6.05. The molecule has 0 radical (unpaired) electrons. The van der Waals surface area contributed by atoms with Gasteiger partial charge in [0.05, 0.1) is 27.7 Å². The summed E-state index contributed by atoms with van der Waals surface area (Å²) in [5, 5.41) is 3.53. The number of carbonyl (C=O) groups is 2. The van der Waals surface area contributed by atoms with Crippen LogP contribution in [0.25, 0.3) is 10.6 Å². The smallest absolute Gasteiger partial charge is 0.299 e. The van der Waals surface area contributed by atoms with Gasteiger partial charge >= 0.3 is 6.18 Å². The maximum absolute atomic E-state index is 12.4. The van der Waals surface area contributed by atoms with Crippen LogP contribution in [0.1, 0.15) is 26.8 Å². The minimum absolute atomic E-state index is 0.0711. The lowest BCUT2D eigenvalue weighted by molar-refractivity contribution is -0.170. The van der Waals surface area contributed by atoms with Gasteiger partial charge in [0.1, 0.15) is 10.8 Å². The average Bonchev–Trinajstić information content (AvgIpc) is 3.20. The molecule has 3 aromatic rings. The lowest BCUT2D eigenvalue weighted by atomic mass is 10.0. The van der Waals surface area contributed by atoms with Crippen LogP contribution < -0.4 is 0 Å². The zero-order chi connectivity index (χ0) is 21.2. The molecule has 0 fully saturated rings. The van der Waals surface area contributed by atoms with Gasteiger partial charge in [-0.3, -0.25) is 9.59 Å². The van der Waals surface area contributed by atoms with E-state index in [2.05, 4.69) is 9.97 Å². The van der Waals surface area contributed by atoms with Gasteiger partial charge in [-0.15, -0.1) is 22.7 Å². The van der Waals surface area contributed by atoms with E-state index in [4.69, 9.17) is 0 Å². The first-order chi connectivity index (χ1) is 13.6. The molecule has 0 unspecified atom stereocenters. The number of benzene rings is 1. The van der Waals surface area contributed by atoms with E-state index in [0.717, 1.165) is 21.3 Å². The fourth-order valence-electron chi connectivity index (χ4n) is 2.86. The summed E-state index contributed by atoms with van der Waals surface area (Å²) < 4.78 is 37.3. The van der Waals surface area contributed by atoms with E-state index in [1.54, 1.807) is 23.5 Å². The van der Waals surface area contributed by atoms with Gasteiger partial charge < -0.3 is 0 Å². The van der Waals surface area contributed by atoms with Crippen molar-refractivity contribution in [3.05, 3.63) is 56.5 Å². The van der Waals surface area contributed by atoms with Crippen LogP contribution in [0.3, 0.4) is 0 Å². The molecule has 0 saturated heterocycles. The first kappa shape index (κ1) is 21.3. The molecular weight excluding hydrogens is 421 g/mol. The van der Waals surface area contributed by atoms with Crippen molar-refractivity contribution < 1.29 is 22.8 Å². The number of aromatic nitrogens is 2. The Morgan fingerprint density at radius 1 is 1.03 bits per heavy atom. The summed E-state index contributed by atoms with van der Waals surface area (Å²) in [6.07, 6.45) is -5.37. The molecule has 2 heterocycles. The van der Waals surface area contributed by atoms with Crippen LogP contribution in [0.4, 0.5) is 13.2 Å². The fraction of sp³-hybridized carbons (Fsp3) is 0.300. The maximum atomic E-state index is 12.4. The third kappa shape index (κ3) is 5.57. The van der Waals surface area contributed by atoms with Crippen molar-refractivity contribution in [2.45, 2.75) is 39.3 Å². The molecule has 0 saturated carbocycles. The van der Waals surface area contributed by atoms with Crippen molar-refractivity contribution >= 4 is 34.2 Å². The number of aryl methyl sites for hydroxylation is 2. The maximum Gasteiger partial charge on any atom is 0.450 e. The van der Waals surface area contributed by atoms with Crippen LogP contribution in [-0.2, 0) is 28.9 Å². The number of thiazole rings is 2. The van der Waals surface area contributed by atoms with E-state index in [0.29, 0.717) is 10.6 Å². The Morgan fingerprint density at radius 2 is 1.72 bits per heavy atom. The zero-order valence-electron chi connectivity index (χ0n) is 15.7. The van der Waals surface area contributed by atoms with Gasteiger partial charge in [0.15, 0.2) is 0 Å². The van der Waals surface area contributed by atoms with Crippen LogP contribution in [0.2, 0.25) is 0 Å². The average molecular weight is 438 g/mol. The lowest BCUT2D eigenvalue weighted by Gasteiger charge is -2.07. The largest absolute Gasteiger partial charge is 0.450 e. The molecule has 0 aliphatic carbocycles. The highest BCUT2D eigenvalue weighted by atomic mass is 32.1. The molecular formula is C20H17F3N2O2S2. The van der Waals surface area contributed by atoms with Crippen molar-refractivity contribution in [1.82, 2.24) is 9.97 Å². The normalized spacial score (nSPS) is 11.6. The first-order valence-electron chi connectivity index (χ1n) is 8.70. The number of Topliss-reactive ketones (excluding diaryl/α,β-unsaturated/α-hetero) is 2. The molecule has 2 aromatic heterocycles. The van der Waals surface area contributed by atoms with Gasteiger partial charge in [-0.1, -0.05) is 24.3 Å². The van der Waals surface area contributed by atoms with Gasteiger partial charge in [0.25, 0.3) is 0 Å². The Bertz CT molecular complexity index is 1050.